The predicted molar refractivity (Wildman–Crippen MR) is 128 cm³/mol. The number of nitrogens with zero attached hydrogens (tertiary/aromatic N) is 1. The number of phenolic OH excluding ortho intramolecular Hbond substituents is 1. The minimum atomic E-state index is -0.339. The Morgan fingerprint density at radius 1 is 1.15 bits per heavy atom. The van der Waals surface area contributed by atoms with Gasteiger partial charge in [-0.15, -0.1) is 0 Å². The van der Waals surface area contributed by atoms with Crippen molar-refractivity contribution in [3.63, 3.8) is 0 Å². The molecule has 1 saturated carbocycles. The lowest BCUT2D eigenvalue weighted by molar-refractivity contribution is -0.00144. The number of aromatic hydroxyl groups is 1. The lowest BCUT2D eigenvalue weighted by Crippen LogP contribution is -2.66. The Kier molecular flexibility index (Phi) is 3.89. The Bertz CT molecular complexity index is 1410. The molecule has 4 atom stereocenters. The SMILES string of the molecule is CN1CC23CC4(Cc5[nH]c(=O)c(C(=O)NCc6ccccc6)cc5CC4C12)c1cc(O)ccc13. The van der Waals surface area contributed by atoms with Gasteiger partial charge < -0.3 is 20.3 Å². The largest absolute Gasteiger partial charge is 0.508 e. The number of aromatic nitrogens is 1. The monoisotopic (exact) mass is 453 g/mol. The number of H-pyrrole nitrogens is 1. The van der Waals surface area contributed by atoms with Crippen LogP contribution < -0.4 is 10.9 Å². The fourth-order valence-corrected chi connectivity index (χ4v) is 7.95. The number of carbonyl (C=O) groups is 1. The van der Waals surface area contributed by atoms with Crippen molar-refractivity contribution in [2.45, 2.75) is 42.7 Å². The number of hydrogen-bond acceptors (Lipinski definition) is 4. The number of amides is 1. The maximum absolute atomic E-state index is 13.0. The van der Waals surface area contributed by atoms with Crippen LogP contribution in [0.4, 0.5) is 0 Å². The summed E-state index contributed by atoms with van der Waals surface area (Å²) in [6.07, 6.45) is 2.65. The number of fused-ring (bicyclic) bond motifs is 3. The molecule has 172 valence electrons. The van der Waals surface area contributed by atoms with E-state index in [2.05, 4.69) is 28.3 Å². The van der Waals surface area contributed by atoms with Crippen molar-refractivity contribution in [1.29, 1.82) is 0 Å². The number of phenols is 1. The summed E-state index contributed by atoms with van der Waals surface area (Å²) in [5.41, 5.74) is 5.57. The highest BCUT2D eigenvalue weighted by Gasteiger charge is 2.73. The molecule has 0 radical (unpaired) electrons. The van der Waals surface area contributed by atoms with E-state index in [4.69, 9.17) is 0 Å². The maximum atomic E-state index is 13.0. The van der Waals surface area contributed by atoms with Gasteiger partial charge in [0.15, 0.2) is 0 Å². The smallest absolute Gasteiger partial charge is 0.261 e. The van der Waals surface area contributed by atoms with Gasteiger partial charge in [-0.2, -0.15) is 0 Å². The molecule has 34 heavy (non-hydrogen) atoms. The Balaban J connectivity index is 1.25. The molecule has 6 heteroatoms. The number of likely N-dealkylation sites (N-methyl/N-ethyl adjacent to an activating group) is 1. The maximum Gasteiger partial charge on any atom is 0.261 e. The molecule has 6 nitrogen and oxygen atoms in total. The first-order valence-electron chi connectivity index (χ1n) is 12.0. The summed E-state index contributed by atoms with van der Waals surface area (Å²) in [5, 5.41) is 13.2. The van der Waals surface area contributed by atoms with Crippen LogP contribution in [0.3, 0.4) is 0 Å². The normalized spacial score (nSPS) is 30.0. The van der Waals surface area contributed by atoms with Crippen molar-refractivity contribution < 1.29 is 9.90 Å². The standard InChI is InChI=1S/C28H27N3O3/c1-31-15-28-14-27(21-11-18(32)7-8-20(21)28)12-23-17(10-22(27)24(28)31)9-19(26(34)30-23)25(33)29-13-16-5-3-2-4-6-16/h2-9,11,22,24,32H,10,12-15H2,1H3,(H,29,33)(H,30,34). The molecule has 3 N–H and O–H groups in total. The fraction of sp³-hybridized carbons (Fsp3) is 0.357. The Labute approximate surface area is 197 Å². The molecule has 3 aromatic rings. The molecule has 1 amide bonds. The molecule has 4 unspecified atom stereocenters. The van der Waals surface area contributed by atoms with Gasteiger partial charge in [0.1, 0.15) is 11.3 Å². The molecule has 2 heterocycles. The number of aromatic amines is 1. The average Bonchev–Trinajstić information content (AvgIpc) is 3.22. The van der Waals surface area contributed by atoms with Crippen molar-refractivity contribution in [3.8, 4) is 5.75 Å². The number of rotatable bonds is 3. The zero-order valence-electron chi connectivity index (χ0n) is 19.1. The van der Waals surface area contributed by atoms with Crippen molar-refractivity contribution in [2.75, 3.05) is 13.6 Å². The molecule has 3 aliphatic carbocycles. The molecule has 1 aromatic heterocycles. The van der Waals surface area contributed by atoms with Crippen LogP contribution in [0.2, 0.25) is 0 Å². The summed E-state index contributed by atoms with van der Waals surface area (Å²) in [7, 11) is 2.20. The molecule has 7 rings (SSSR count). The quantitative estimate of drug-likeness (QED) is 0.569. The third-order valence-corrected chi connectivity index (χ3v) is 9.06. The Morgan fingerprint density at radius 3 is 2.76 bits per heavy atom. The first kappa shape index (κ1) is 20.0. The second-order valence-corrected chi connectivity index (χ2v) is 10.8. The summed E-state index contributed by atoms with van der Waals surface area (Å²) in [6.45, 7) is 1.42. The molecule has 2 bridgehead atoms. The molecule has 2 aromatic carbocycles. The zero-order valence-corrected chi connectivity index (χ0v) is 19.1. The summed E-state index contributed by atoms with van der Waals surface area (Å²) < 4.78 is 0. The highest BCUT2D eigenvalue weighted by molar-refractivity contribution is 5.94. The van der Waals surface area contributed by atoms with Gasteiger partial charge >= 0.3 is 0 Å². The summed E-state index contributed by atoms with van der Waals surface area (Å²) in [6, 6.07) is 17.9. The van der Waals surface area contributed by atoms with Crippen LogP contribution in [0.1, 0.15) is 44.7 Å². The number of likely N-dealkylation sites (tertiary alicyclic amines) is 1. The number of benzene rings is 2. The highest BCUT2D eigenvalue weighted by Crippen LogP contribution is 2.71. The van der Waals surface area contributed by atoms with Crippen molar-refractivity contribution in [2.24, 2.45) is 5.92 Å². The van der Waals surface area contributed by atoms with E-state index in [1.54, 1.807) is 0 Å². The molecule has 4 aliphatic rings. The van der Waals surface area contributed by atoms with Gasteiger partial charge in [0.2, 0.25) is 0 Å². The molecular weight excluding hydrogens is 426 g/mol. The second kappa shape index (κ2) is 6.60. The van der Waals surface area contributed by atoms with E-state index in [9.17, 15) is 14.7 Å². The van der Waals surface area contributed by atoms with Gasteiger partial charge in [0.05, 0.1) is 0 Å². The molecule has 1 aliphatic heterocycles. The van der Waals surface area contributed by atoms with Crippen LogP contribution in [0.5, 0.6) is 5.75 Å². The number of nitrogens with one attached hydrogen (secondary N) is 2. The van der Waals surface area contributed by atoms with Gasteiger partial charge in [0.25, 0.3) is 11.5 Å². The average molecular weight is 454 g/mol. The van der Waals surface area contributed by atoms with Crippen LogP contribution in [-0.2, 0) is 30.2 Å². The van der Waals surface area contributed by atoms with Gasteiger partial charge in [-0.1, -0.05) is 36.4 Å². The Morgan fingerprint density at radius 2 is 1.97 bits per heavy atom. The lowest BCUT2D eigenvalue weighted by atomic mass is 9.58. The van der Waals surface area contributed by atoms with E-state index in [0.29, 0.717) is 24.3 Å². The number of hydrogen-bond donors (Lipinski definition) is 3. The van der Waals surface area contributed by atoms with Crippen LogP contribution in [0.15, 0.2) is 59.4 Å². The minimum absolute atomic E-state index is 0.0729. The highest BCUT2D eigenvalue weighted by atomic mass is 16.3. The Hall–Kier alpha value is -3.38. The molecule has 1 saturated heterocycles. The van der Waals surface area contributed by atoms with Crippen LogP contribution in [0.25, 0.3) is 0 Å². The third-order valence-electron chi connectivity index (χ3n) is 9.06. The third kappa shape index (κ3) is 2.44. The van der Waals surface area contributed by atoms with Gasteiger partial charge in [0, 0.05) is 35.7 Å². The van der Waals surface area contributed by atoms with Crippen molar-refractivity contribution >= 4 is 5.91 Å². The number of carbonyl (C=O) groups excluding carboxylic acids is 1. The number of pyridine rings is 1. The van der Waals surface area contributed by atoms with Crippen LogP contribution in [0, 0.1) is 5.92 Å². The van der Waals surface area contributed by atoms with E-state index in [0.717, 1.165) is 42.6 Å². The lowest BCUT2D eigenvalue weighted by Gasteiger charge is -2.58. The van der Waals surface area contributed by atoms with E-state index in [-0.39, 0.29) is 27.9 Å². The van der Waals surface area contributed by atoms with Gasteiger partial charge in [-0.05, 0) is 72.7 Å². The van der Waals surface area contributed by atoms with Crippen LogP contribution >= 0.6 is 0 Å². The predicted octanol–water partition coefficient (Wildman–Crippen LogP) is 2.63. The summed E-state index contributed by atoms with van der Waals surface area (Å²) >= 11 is 0. The summed E-state index contributed by atoms with van der Waals surface area (Å²) in [5.74, 6) is 0.373. The van der Waals surface area contributed by atoms with Gasteiger partial charge in [-0.3, -0.25) is 9.59 Å². The molecular formula is C28H27N3O3. The zero-order chi connectivity index (χ0) is 23.2. The van der Waals surface area contributed by atoms with E-state index in [1.165, 1.54) is 11.1 Å². The molecule has 2 spiro atoms. The second-order valence-electron chi connectivity index (χ2n) is 10.8. The van der Waals surface area contributed by atoms with Crippen LogP contribution in [-0.4, -0.2) is 40.5 Å². The van der Waals surface area contributed by atoms with Crippen molar-refractivity contribution in [3.05, 3.63) is 98.5 Å². The van der Waals surface area contributed by atoms with E-state index >= 15 is 0 Å². The van der Waals surface area contributed by atoms with E-state index < -0.39 is 0 Å². The van der Waals surface area contributed by atoms with Crippen molar-refractivity contribution in [1.82, 2.24) is 15.2 Å². The van der Waals surface area contributed by atoms with Gasteiger partial charge in [-0.25, -0.2) is 0 Å². The topological polar surface area (TPSA) is 85.4 Å². The van der Waals surface area contributed by atoms with E-state index in [1.807, 2.05) is 48.5 Å². The molecule has 2 fully saturated rings. The first-order chi connectivity index (χ1) is 16.4. The minimum Gasteiger partial charge on any atom is -0.508 e. The summed E-state index contributed by atoms with van der Waals surface area (Å²) in [4.78, 5) is 31.4. The first-order valence-corrected chi connectivity index (χ1v) is 12.0. The fourth-order valence-electron chi connectivity index (χ4n) is 7.95.